The first-order valence-electron chi connectivity index (χ1n) is 6.44. The minimum Gasteiger partial charge on any atom is -0.443 e. The SMILES string of the molecule is CC(C)(C)OC(=O)n1c(-c2ccncc2)nc(C#N)c1C#N. The van der Waals surface area contributed by atoms with Crippen molar-refractivity contribution in [2.24, 2.45) is 0 Å². The van der Waals surface area contributed by atoms with E-state index in [9.17, 15) is 10.1 Å². The van der Waals surface area contributed by atoms with E-state index in [-0.39, 0.29) is 17.2 Å². The van der Waals surface area contributed by atoms with E-state index in [2.05, 4.69) is 9.97 Å². The van der Waals surface area contributed by atoms with E-state index in [1.165, 1.54) is 12.4 Å². The molecule has 0 amide bonds. The van der Waals surface area contributed by atoms with Crippen LogP contribution in [0.25, 0.3) is 11.4 Å². The van der Waals surface area contributed by atoms with Crippen LogP contribution in [0.4, 0.5) is 4.79 Å². The Morgan fingerprint density at radius 2 is 1.86 bits per heavy atom. The van der Waals surface area contributed by atoms with Crippen molar-refractivity contribution in [3.8, 4) is 23.5 Å². The molecule has 0 N–H and O–H groups in total. The summed E-state index contributed by atoms with van der Waals surface area (Å²) in [6.07, 6.45) is 2.30. The molecular formula is C15H13N5O2. The molecule has 7 nitrogen and oxygen atoms in total. The minimum atomic E-state index is -0.759. The van der Waals surface area contributed by atoms with Crippen LogP contribution in [0, 0.1) is 22.7 Å². The number of rotatable bonds is 1. The van der Waals surface area contributed by atoms with Gasteiger partial charge in [0.2, 0.25) is 0 Å². The van der Waals surface area contributed by atoms with Gasteiger partial charge in [-0.3, -0.25) is 4.98 Å². The van der Waals surface area contributed by atoms with Crippen LogP contribution < -0.4 is 0 Å². The normalized spacial score (nSPS) is 10.6. The first-order chi connectivity index (χ1) is 10.4. The Labute approximate surface area is 127 Å². The average Bonchev–Trinajstić information content (AvgIpc) is 2.85. The summed E-state index contributed by atoms with van der Waals surface area (Å²) in [5.41, 5.74) is -0.460. The van der Waals surface area contributed by atoms with Crippen molar-refractivity contribution < 1.29 is 9.53 Å². The molecule has 22 heavy (non-hydrogen) atoms. The van der Waals surface area contributed by atoms with Crippen LogP contribution in [0.5, 0.6) is 0 Å². The number of hydrogen-bond donors (Lipinski definition) is 0. The number of nitriles is 2. The molecule has 110 valence electrons. The Morgan fingerprint density at radius 1 is 1.23 bits per heavy atom. The van der Waals surface area contributed by atoms with Gasteiger partial charge in [0.05, 0.1) is 0 Å². The highest BCUT2D eigenvalue weighted by Crippen LogP contribution is 2.23. The van der Waals surface area contributed by atoms with E-state index in [0.717, 1.165) is 4.57 Å². The molecule has 0 aromatic carbocycles. The quantitative estimate of drug-likeness (QED) is 0.800. The van der Waals surface area contributed by atoms with E-state index in [0.29, 0.717) is 5.56 Å². The second kappa shape index (κ2) is 5.66. The van der Waals surface area contributed by atoms with E-state index in [4.69, 9.17) is 10.00 Å². The Morgan fingerprint density at radius 3 is 2.36 bits per heavy atom. The number of imidazole rings is 1. The van der Waals surface area contributed by atoms with Gasteiger partial charge in [0.1, 0.15) is 17.7 Å². The maximum absolute atomic E-state index is 12.4. The van der Waals surface area contributed by atoms with Crippen molar-refractivity contribution in [2.75, 3.05) is 0 Å². The van der Waals surface area contributed by atoms with Gasteiger partial charge < -0.3 is 4.74 Å². The second-order valence-corrected chi connectivity index (χ2v) is 5.41. The van der Waals surface area contributed by atoms with Gasteiger partial charge >= 0.3 is 6.09 Å². The van der Waals surface area contributed by atoms with Gasteiger partial charge in [-0.1, -0.05) is 0 Å². The minimum absolute atomic E-state index is 0.125. The monoisotopic (exact) mass is 295 g/mol. The summed E-state index contributed by atoms with van der Waals surface area (Å²) in [6.45, 7) is 5.14. The van der Waals surface area contributed by atoms with Gasteiger partial charge in [-0.05, 0) is 32.9 Å². The lowest BCUT2D eigenvalue weighted by atomic mass is 10.2. The number of carbonyl (C=O) groups is 1. The fourth-order valence-corrected chi connectivity index (χ4v) is 1.78. The maximum Gasteiger partial charge on any atom is 0.421 e. The van der Waals surface area contributed by atoms with Gasteiger partial charge in [0.15, 0.2) is 17.2 Å². The highest BCUT2D eigenvalue weighted by molar-refractivity contribution is 5.80. The van der Waals surface area contributed by atoms with Gasteiger partial charge in [-0.2, -0.15) is 10.5 Å². The largest absolute Gasteiger partial charge is 0.443 e. The molecule has 2 rings (SSSR count). The number of ether oxygens (including phenoxy) is 1. The summed E-state index contributed by atoms with van der Waals surface area (Å²) < 4.78 is 6.31. The number of aromatic nitrogens is 3. The van der Waals surface area contributed by atoms with Crippen LogP contribution >= 0.6 is 0 Å². The number of nitrogens with zero attached hydrogens (tertiary/aromatic N) is 5. The third-order valence-corrected chi connectivity index (χ3v) is 2.60. The molecular weight excluding hydrogens is 282 g/mol. The molecule has 7 heteroatoms. The van der Waals surface area contributed by atoms with Gasteiger partial charge in [-0.15, -0.1) is 0 Å². The number of pyridine rings is 1. The van der Waals surface area contributed by atoms with Crippen LogP contribution in [0.3, 0.4) is 0 Å². The van der Waals surface area contributed by atoms with Crippen LogP contribution in [0.1, 0.15) is 32.2 Å². The Kier molecular flexibility index (Phi) is 3.91. The van der Waals surface area contributed by atoms with E-state index in [1.54, 1.807) is 32.9 Å². The van der Waals surface area contributed by atoms with E-state index >= 15 is 0 Å². The highest BCUT2D eigenvalue weighted by Gasteiger charge is 2.27. The second-order valence-electron chi connectivity index (χ2n) is 5.41. The zero-order valence-corrected chi connectivity index (χ0v) is 12.4. The summed E-state index contributed by atoms with van der Waals surface area (Å²) in [5, 5.41) is 18.4. The predicted octanol–water partition coefficient (Wildman–Crippen LogP) is 2.47. The molecule has 2 aromatic heterocycles. The van der Waals surface area contributed by atoms with Crippen molar-refractivity contribution >= 4 is 6.09 Å². The predicted molar refractivity (Wildman–Crippen MR) is 76.5 cm³/mol. The van der Waals surface area contributed by atoms with Gasteiger partial charge in [-0.25, -0.2) is 14.3 Å². The maximum atomic E-state index is 12.4. The molecule has 0 aliphatic heterocycles. The summed E-state index contributed by atoms with van der Waals surface area (Å²) in [4.78, 5) is 20.4. The molecule has 2 heterocycles. The van der Waals surface area contributed by atoms with Crippen molar-refractivity contribution in [2.45, 2.75) is 26.4 Å². The van der Waals surface area contributed by atoms with Crippen molar-refractivity contribution in [3.05, 3.63) is 35.9 Å². The molecule has 0 radical (unpaired) electrons. The first-order valence-corrected chi connectivity index (χ1v) is 6.44. The van der Waals surface area contributed by atoms with Crippen LogP contribution in [0.2, 0.25) is 0 Å². The van der Waals surface area contributed by atoms with E-state index in [1.807, 2.05) is 12.1 Å². The van der Waals surface area contributed by atoms with E-state index < -0.39 is 11.7 Å². The Balaban J connectivity index is 2.65. The summed E-state index contributed by atoms with van der Waals surface area (Å²) in [7, 11) is 0. The van der Waals surface area contributed by atoms with Crippen molar-refractivity contribution in [1.29, 1.82) is 10.5 Å². The highest BCUT2D eigenvalue weighted by atomic mass is 16.6. The topological polar surface area (TPSA) is 105 Å². The molecule has 0 atom stereocenters. The van der Waals surface area contributed by atoms with Crippen LogP contribution in [0.15, 0.2) is 24.5 Å². The third kappa shape index (κ3) is 2.94. The number of hydrogen-bond acceptors (Lipinski definition) is 6. The standard InChI is InChI=1S/C15H13N5O2/c1-15(2,3)22-14(21)20-12(9-17)11(8-16)19-13(20)10-4-6-18-7-5-10/h4-7H,1-3H3. The first kappa shape index (κ1) is 15.2. The van der Waals surface area contributed by atoms with Crippen LogP contribution in [-0.2, 0) is 4.74 Å². The molecule has 0 saturated carbocycles. The molecule has 0 aliphatic rings. The zero-order valence-electron chi connectivity index (χ0n) is 12.4. The smallest absolute Gasteiger partial charge is 0.421 e. The lowest BCUT2D eigenvalue weighted by molar-refractivity contribution is 0.0538. The number of carbonyl (C=O) groups excluding carboxylic acids is 1. The molecule has 0 spiro atoms. The zero-order chi connectivity index (χ0) is 16.3. The van der Waals surface area contributed by atoms with Crippen LogP contribution in [-0.4, -0.2) is 26.2 Å². The Hall–Kier alpha value is -3.19. The summed E-state index contributed by atoms with van der Waals surface area (Å²) in [5.74, 6) is 0.171. The lowest BCUT2D eigenvalue weighted by Crippen LogP contribution is -2.28. The molecule has 0 fully saturated rings. The molecule has 2 aromatic rings. The molecule has 0 bridgehead atoms. The average molecular weight is 295 g/mol. The molecule has 0 unspecified atom stereocenters. The van der Waals surface area contributed by atoms with Gasteiger partial charge in [0.25, 0.3) is 0 Å². The summed E-state index contributed by atoms with van der Waals surface area (Å²) >= 11 is 0. The molecule has 0 aliphatic carbocycles. The fraction of sp³-hybridized carbons (Fsp3) is 0.267. The third-order valence-electron chi connectivity index (χ3n) is 2.60. The van der Waals surface area contributed by atoms with Crippen molar-refractivity contribution in [1.82, 2.24) is 14.5 Å². The molecule has 0 saturated heterocycles. The van der Waals surface area contributed by atoms with Gasteiger partial charge in [0, 0.05) is 18.0 Å². The lowest BCUT2D eigenvalue weighted by Gasteiger charge is -2.20. The Bertz CT molecular complexity index is 788. The van der Waals surface area contributed by atoms with Crippen molar-refractivity contribution in [3.63, 3.8) is 0 Å². The summed E-state index contributed by atoms with van der Waals surface area (Å²) in [6, 6.07) is 6.91. The fourth-order valence-electron chi connectivity index (χ4n) is 1.78.